The van der Waals surface area contributed by atoms with Crippen LogP contribution in [0.15, 0.2) is 159 Å². The SMILES string of the molecule is C=CCc1ccccc1C(=C(N)BCCCBC(N)=C(c1ccccc1CC=C)c1ccccc1CC=C)c1ccccc1CC=C. The summed E-state index contributed by atoms with van der Waals surface area (Å²) in [6.45, 7) is 16.0. The van der Waals surface area contributed by atoms with Crippen molar-refractivity contribution in [2.75, 3.05) is 0 Å². The van der Waals surface area contributed by atoms with E-state index in [4.69, 9.17) is 11.5 Å². The Hall–Kier alpha value is -4.95. The van der Waals surface area contributed by atoms with E-state index >= 15 is 0 Å². The average molecular weight is 614 g/mol. The third-order valence-corrected chi connectivity index (χ3v) is 8.64. The molecular weight excluding hydrogens is 566 g/mol. The molecule has 0 aliphatic heterocycles. The first-order valence-corrected chi connectivity index (χ1v) is 16.8. The third-order valence-electron chi connectivity index (χ3n) is 8.64. The van der Waals surface area contributed by atoms with Crippen molar-refractivity contribution in [2.24, 2.45) is 11.5 Å². The Balaban J connectivity index is 1.62. The highest BCUT2D eigenvalue weighted by atomic mass is 14.6. The van der Waals surface area contributed by atoms with Gasteiger partial charge in [0.2, 0.25) is 0 Å². The maximum atomic E-state index is 7.02. The fraction of sp³-hybridized carbons (Fsp3) is 0.163. The zero-order chi connectivity index (χ0) is 33.4. The predicted octanol–water partition coefficient (Wildman–Crippen LogP) is 8.75. The van der Waals surface area contributed by atoms with Gasteiger partial charge in [0.25, 0.3) is 0 Å². The van der Waals surface area contributed by atoms with E-state index in [0.717, 1.165) is 81.6 Å². The van der Waals surface area contributed by atoms with Crippen LogP contribution >= 0.6 is 0 Å². The van der Waals surface area contributed by atoms with Crippen LogP contribution in [0.2, 0.25) is 12.6 Å². The van der Waals surface area contributed by atoms with Crippen LogP contribution in [0, 0.1) is 0 Å². The molecule has 236 valence electrons. The first-order chi connectivity index (χ1) is 23.0. The highest BCUT2D eigenvalue weighted by molar-refractivity contribution is 6.49. The minimum absolute atomic E-state index is 0.788. The highest BCUT2D eigenvalue weighted by Gasteiger charge is 2.18. The van der Waals surface area contributed by atoms with Crippen molar-refractivity contribution >= 4 is 25.7 Å². The van der Waals surface area contributed by atoms with Crippen molar-refractivity contribution in [3.8, 4) is 0 Å². The second-order valence-corrected chi connectivity index (χ2v) is 12.0. The van der Waals surface area contributed by atoms with Gasteiger partial charge < -0.3 is 11.5 Å². The Morgan fingerprint density at radius 1 is 0.447 bits per heavy atom. The summed E-state index contributed by atoms with van der Waals surface area (Å²) >= 11 is 0. The quantitative estimate of drug-likeness (QED) is 0.0669. The normalized spacial score (nSPS) is 10.4. The molecule has 4 aromatic carbocycles. The molecule has 4 aromatic rings. The topological polar surface area (TPSA) is 52.0 Å². The molecule has 0 aliphatic carbocycles. The number of nitrogens with two attached hydrogens (primary N) is 2. The van der Waals surface area contributed by atoms with Gasteiger partial charge in [0.15, 0.2) is 14.6 Å². The first-order valence-electron chi connectivity index (χ1n) is 16.8. The molecule has 0 atom stereocenters. The summed E-state index contributed by atoms with van der Waals surface area (Å²) < 4.78 is 0. The van der Waals surface area contributed by atoms with E-state index < -0.39 is 0 Å². The van der Waals surface area contributed by atoms with Crippen LogP contribution < -0.4 is 11.5 Å². The summed E-state index contributed by atoms with van der Waals surface area (Å²) in [6, 6.07) is 34.2. The van der Waals surface area contributed by atoms with Gasteiger partial charge in [0.1, 0.15) is 0 Å². The molecule has 2 nitrogen and oxygen atoms in total. The Morgan fingerprint density at radius 3 is 0.957 bits per heavy atom. The summed E-state index contributed by atoms with van der Waals surface area (Å²) in [7, 11) is 1.61. The lowest BCUT2D eigenvalue weighted by molar-refractivity contribution is 1.06. The van der Waals surface area contributed by atoms with Gasteiger partial charge >= 0.3 is 0 Å². The van der Waals surface area contributed by atoms with Crippen LogP contribution in [-0.4, -0.2) is 14.6 Å². The van der Waals surface area contributed by atoms with E-state index in [9.17, 15) is 0 Å². The molecule has 0 aliphatic rings. The Morgan fingerprint density at radius 2 is 0.702 bits per heavy atom. The molecule has 0 bridgehead atoms. The Bertz CT molecular complexity index is 1520. The maximum Gasteiger partial charge on any atom is 0.179 e. The second kappa shape index (κ2) is 18.3. The van der Waals surface area contributed by atoms with Gasteiger partial charge in [-0.3, -0.25) is 0 Å². The molecule has 0 unspecified atom stereocenters. The number of hydrogen-bond acceptors (Lipinski definition) is 2. The summed E-state index contributed by atoms with van der Waals surface area (Å²) in [5.74, 6) is 0. The van der Waals surface area contributed by atoms with Crippen molar-refractivity contribution < 1.29 is 0 Å². The zero-order valence-electron chi connectivity index (χ0n) is 27.9. The van der Waals surface area contributed by atoms with Gasteiger partial charge in [-0.1, -0.05) is 140 Å². The molecule has 0 saturated heterocycles. The van der Waals surface area contributed by atoms with Crippen LogP contribution in [0.1, 0.15) is 50.9 Å². The molecule has 0 spiro atoms. The smallest absolute Gasteiger partial charge is 0.179 e. The summed E-state index contributed by atoms with van der Waals surface area (Å²) in [6.07, 6.45) is 14.0. The molecule has 4 N–H and O–H groups in total. The zero-order valence-corrected chi connectivity index (χ0v) is 27.9. The van der Waals surface area contributed by atoms with E-state index in [1.54, 1.807) is 0 Å². The van der Waals surface area contributed by atoms with Crippen LogP contribution in [0.3, 0.4) is 0 Å². The number of hydrogen-bond donors (Lipinski definition) is 2. The molecule has 0 fully saturated rings. The van der Waals surface area contributed by atoms with E-state index in [-0.39, 0.29) is 0 Å². The number of benzene rings is 4. The molecule has 0 aromatic heterocycles. The van der Waals surface area contributed by atoms with E-state index in [1.165, 1.54) is 44.5 Å². The van der Waals surface area contributed by atoms with Gasteiger partial charge in [-0.05, 0) is 92.5 Å². The van der Waals surface area contributed by atoms with Crippen LogP contribution in [0.4, 0.5) is 0 Å². The minimum atomic E-state index is 0.788. The molecule has 0 saturated carbocycles. The van der Waals surface area contributed by atoms with Gasteiger partial charge in [-0.15, -0.1) is 26.3 Å². The van der Waals surface area contributed by atoms with Crippen molar-refractivity contribution in [1.82, 2.24) is 0 Å². The monoisotopic (exact) mass is 614 g/mol. The van der Waals surface area contributed by atoms with E-state index in [1.807, 2.05) is 24.3 Å². The van der Waals surface area contributed by atoms with Crippen molar-refractivity contribution in [2.45, 2.75) is 44.7 Å². The fourth-order valence-corrected chi connectivity index (χ4v) is 6.43. The molecule has 47 heavy (non-hydrogen) atoms. The molecule has 4 heteroatoms. The number of allylic oxidation sites excluding steroid dienone is 4. The molecular formula is C43H48B2N2. The van der Waals surface area contributed by atoms with Crippen LogP contribution in [0.25, 0.3) is 11.1 Å². The van der Waals surface area contributed by atoms with E-state index in [0.29, 0.717) is 0 Å². The minimum Gasteiger partial charge on any atom is -0.409 e. The fourth-order valence-electron chi connectivity index (χ4n) is 6.43. The third kappa shape index (κ3) is 9.08. The van der Waals surface area contributed by atoms with Crippen LogP contribution in [0.5, 0.6) is 0 Å². The van der Waals surface area contributed by atoms with Gasteiger partial charge in [0, 0.05) is 0 Å². The number of rotatable bonds is 18. The Kier molecular flexibility index (Phi) is 13.6. The highest BCUT2D eigenvalue weighted by Crippen LogP contribution is 2.33. The van der Waals surface area contributed by atoms with Gasteiger partial charge in [0.05, 0.1) is 0 Å². The van der Waals surface area contributed by atoms with Gasteiger partial charge in [-0.25, -0.2) is 0 Å². The van der Waals surface area contributed by atoms with Crippen LogP contribution in [-0.2, 0) is 25.7 Å². The van der Waals surface area contributed by atoms with Gasteiger partial charge in [-0.2, -0.15) is 0 Å². The van der Waals surface area contributed by atoms with Crippen molar-refractivity contribution in [3.63, 3.8) is 0 Å². The molecule has 4 rings (SSSR count). The molecule has 0 amide bonds. The summed E-state index contributed by atoms with van der Waals surface area (Å²) in [4.78, 5) is 0. The van der Waals surface area contributed by atoms with Crippen molar-refractivity contribution in [3.05, 3.63) is 203 Å². The lowest BCUT2D eigenvalue weighted by atomic mass is 9.61. The standard InChI is InChI=1S/C43H48B2N2/c1-5-18-32-22-9-13-26-36(32)40(37-27-14-10-23-33(37)19-6-2)42(46)44-30-17-31-45-43(47)41(38-28-15-11-24-34(38)20-7-3)39-29-16-12-25-35(39)21-8-4/h5-16,22-29,44-45H,1-4,17-21,30-31,46-47H2. The lowest BCUT2D eigenvalue weighted by Gasteiger charge is -2.19. The lowest BCUT2D eigenvalue weighted by Crippen LogP contribution is -2.15. The van der Waals surface area contributed by atoms with E-state index in [2.05, 4.69) is 123 Å². The first kappa shape index (κ1) is 34.9. The van der Waals surface area contributed by atoms with Crippen molar-refractivity contribution in [1.29, 1.82) is 0 Å². The average Bonchev–Trinajstić information content (AvgIpc) is 3.08. The molecule has 0 heterocycles. The molecule has 0 radical (unpaired) electrons. The Labute approximate surface area is 284 Å². The largest absolute Gasteiger partial charge is 0.409 e. The predicted molar refractivity (Wildman–Crippen MR) is 210 cm³/mol. The summed E-state index contributed by atoms with van der Waals surface area (Å²) in [5, 5.41) is 0. The second-order valence-electron chi connectivity index (χ2n) is 12.0. The summed E-state index contributed by atoms with van der Waals surface area (Å²) in [5.41, 5.74) is 27.7. The maximum absolute atomic E-state index is 7.02.